The molecule has 0 aromatic carbocycles. The summed E-state index contributed by atoms with van der Waals surface area (Å²) in [6.07, 6.45) is 3.61. The summed E-state index contributed by atoms with van der Waals surface area (Å²) in [6.45, 7) is 5.92. The Morgan fingerprint density at radius 1 is 1.85 bits per heavy atom. The number of hydrogen-bond acceptors (Lipinski definition) is 2. The lowest BCUT2D eigenvalue weighted by Gasteiger charge is -2.14. The molecule has 3 heteroatoms. The van der Waals surface area contributed by atoms with Gasteiger partial charge in [0.25, 0.3) is 0 Å². The number of allylic oxidation sites excluding steroid dienone is 1. The molecule has 1 heterocycles. The number of fused-ring (bicyclic) bond motifs is 1. The first-order chi connectivity index (χ1) is 6.09. The zero-order valence-electron chi connectivity index (χ0n) is 7.83. The molecule has 1 saturated carbocycles. The highest BCUT2D eigenvalue weighted by Crippen LogP contribution is 2.60. The monoisotopic (exact) mass is 198 g/mol. The number of amidine groups is 1. The molecule has 2 nitrogen and oxygen atoms in total. The third kappa shape index (κ3) is 1.19. The van der Waals surface area contributed by atoms with Crippen LogP contribution in [0.4, 0.5) is 0 Å². The van der Waals surface area contributed by atoms with E-state index in [9.17, 15) is 0 Å². The molecular weight excluding hydrogens is 184 g/mol. The van der Waals surface area contributed by atoms with E-state index in [4.69, 9.17) is 17.3 Å². The predicted molar refractivity (Wildman–Crippen MR) is 56.1 cm³/mol. The minimum atomic E-state index is -0.164. The van der Waals surface area contributed by atoms with Crippen LogP contribution >= 0.6 is 11.6 Å². The zero-order valence-corrected chi connectivity index (χ0v) is 8.59. The number of aliphatic imine (C=N–C) groups is 1. The van der Waals surface area contributed by atoms with Gasteiger partial charge in [0.05, 0.1) is 16.8 Å². The Bertz CT molecular complexity index is 274. The fourth-order valence-electron chi connectivity index (χ4n) is 2.56. The topological polar surface area (TPSA) is 38.4 Å². The number of alkyl halides is 1. The molecule has 13 heavy (non-hydrogen) atoms. The van der Waals surface area contributed by atoms with Gasteiger partial charge in [0.1, 0.15) is 0 Å². The summed E-state index contributed by atoms with van der Waals surface area (Å²) in [7, 11) is 0. The van der Waals surface area contributed by atoms with Crippen LogP contribution in [0.5, 0.6) is 0 Å². The molecule has 0 aromatic heterocycles. The van der Waals surface area contributed by atoms with Crippen LogP contribution in [0.1, 0.15) is 19.8 Å². The minimum absolute atomic E-state index is 0.164. The molecule has 2 rings (SSSR count). The molecule has 2 unspecified atom stereocenters. The quantitative estimate of drug-likeness (QED) is 0.535. The van der Waals surface area contributed by atoms with E-state index in [1.807, 2.05) is 6.08 Å². The highest BCUT2D eigenvalue weighted by atomic mass is 35.5. The van der Waals surface area contributed by atoms with E-state index < -0.39 is 0 Å². The van der Waals surface area contributed by atoms with Gasteiger partial charge in [-0.3, -0.25) is 4.99 Å². The fourth-order valence-corrected chi connectivity index (χ4v) is 3.12. The largest absolute Gasteiger partial charge is 0.387 e. The van der Waals surface area contributed by atoms with E-state index in [1.165, 1.54) is 0 Å². The van der Waals surface area contributed by atoms with Gasteiger partial charge in [-0.05, 0) is 12.3 Å². The lowest BCUT2D eigenvalue weighted by atomic mass is 9.97. The van der Waals surface area contributed by atoms with Crippen LogP contribution < -0.4 is 5.73 Å². The van der Waals surface area contributed by atoms with Gasteiger partial charge in [-0.15, -0.1) is 18.2 Å². The van der Waals surface area contributed by atoms with Crippen molar-refractivity contribution in [2.45, 2.75) is 30.7 Å². The van der Waals surface area contributed by atoms with E-state index in [1.54, 1.807) is 0 Å². The average Bonchev–Trinajstić information content (AvgIpc) is 2.56. The molecule has 1 aliphatic heterocycles. The summed E-state index contributed by atoms with van der Waals surface area (Å²) in [5, 5.41) is 0. The maximum atomic E-state index is 6.44. The van der Waals surface area contributed by atoms with Gasteiger partial charge in [0.15, 0.2) is 0 Å². The van der Waals surface area contributed by atoms with E-state index in [2.05, 4.69) is 18.5 Å². The van der Waals surface area contributed by atoms with Gasteiger partial charge in [0.2, 0.25) is 0 Å². The van der Waals surface area contributed by atoms with Crippen LogP contribution in [0.15, 0.2) is 17.6 Å². The van der Waals surface area contributed by atoms with E-state index in [0.717, 1.165) is 18.7 Å². The predicted octanol–water partition coefficient (Wildman–Crippen LogP) is 1.94. The van der Waals surface area contributed by atoms with Crippen molar-refractivity contribution in [2.24, 2.45) is 22.6 Å². The molecule has 0 amide bonds. The maximum absolute atomic E-state index is 6.44. The van der Waals surface area contributed by atoms with Crippen molar-refractivity contribution in [1.29, 1.82) is 0 Å². The van der Waals surface area contributed by atoms with Crippen molar-refractivity contribution in [3.05, 3.63) is 12.7 Å². The average molecular weight is 199 g/mol. The Kier molecular flexibility index (Phi) is 1.91. The van der Waals surface area contributed by atoms with Crippen molar-refractivity contribution in [3.63, 3.8) is 0 Å². The molecule has 1 aliphatic carbocycles. The maximum Gasteiger partial charge on any atom is 0.0944 e. The van der Waals surface area contributed by atoms with E-state index in [0.29, 0.717) is 11.8 Å². The van der Waals surface area contributed by atoms with Gasteiger partial charge >= 0.3 is 0 Å². The number of halogens is 1. The lowest BCUT2D eigenvalue weighted by molar-refractivity contribution is 0.482. The summed E-state index contributed by atoms with van der Waals surface area (Å²) in [5.41, 5.74) is 5.73. The SMILES string of the molecule is C=CCC1(Cl)[C@H]2N=C(N)CC(C)[C@@H]21. The standard InChI is InChI=1S/C10H15ClN2/c1-3-4-10(11)8-6(2)5-7(12)13-9(8)10/h3,6,8-9H,1,4-5H2,2H3,(H2,12,13)/t6?,8-,9-,10?/m0/s1. The van der Waals surface area contributed by atoms with E-state index >= 15 is 0 Å². The third-order valence-corrected chi connectivity index (χ3v) is 3.81. The van der Waals surface area contributed by atoms with Crippen LogP contribution in [0.25, 0.3) is 0 Å². The molecule has 4 atom stereocenters. The van der Waals surface area contributed by atoms with Gasteiger partial charge in [-0.1, -0.05) is 13.0 Å². The van der Waals surface area contributed by atoms with Crippen molar-refractivity contribution in [2.75, 3.05) is 0 Å². The Balaban J connectivity index is 2.19. The minimum Gasteiger partial charge on any atom is -0.387 e. The molecule has 1 fully saturated rings. The second-order valence-electron chi connectivity index (χ2n) is 4.19. The summed E-state index contributed by atoms with van der Waals surface area (Å²) >= 11 is 6.44. The number of nitrogens with zero attached hydrogens (tertiary/aromatic N) is 1. The fraction of sp³-hybridized carbons (Fsp3) is 0.700. The summed E-state index contributed by atoms with van der Waals surface area (Å²) in [5.74, 6) is 1.85. The Hall–Kier alpha value is -0.500. The summed E-state index contributed by atoms with van der Waals surface area (Å²) < 4.78 is 0. The van der Waals surface area contributed by atoms with Crippen LogP contribution in [-0.2, 0) is 0 Å². The van der Waals surface area contributed by atoms with E-state index in [-0.39, 0.29) is 10.9 Å². The molecule has 2 aliphatic rings. The first kappa shape index (κ1) is 9.07. The Morgan fingerprint density at radius 2 is 2.54 bits per heavy atom. The van der Waals surface area contributed by atoms with Crippen LogP contribution in [-0.4, -0.2) is 16.8 Å². The van der Waals surface area contributed by atoms with Crippen LogP contribution in [0.3, 0.4) is 0 Å². The van der Waals surface area contributed by atoms with Crippen LogP contribution in [0.2, 0.25) is 0 Å². The summed E-state index contributed by atoms with van der Waals surface area (Å²) in [6, 6.07) is 0.246. The second-order valence-corrected chi connectivity index (χ2v) is 4.90. The highest BCUT2D eigenvalue weighted by molar-refractivity contribution is 6.27. The lowest BCUT2D eigenvalue weighted by Crippen LogP contribution is -2.22. The van der Waals surface area contributed by atoms with Crippen LogP contribution in [0, 0.1) is 11.8 Å². The van der Waals surface area contributed by atoms with Crippen molar-refractivity contribution in [1.82, 2.24) is 0 Å². The van der Waals surface area contributed by atoms with Gasteiger partial charge in [-0.2, -0.15) is 0 Å². The molecule has 0 bridgehead atoms. The van der Waals surface area contributed by atoms with Crippen molar-refractivity contribution < 1.29 is 0 Å². The molecule has 0 aromatic rings. The first-order valence-electron chi connectivity index (χ1n) is 4.71. The number of nitrogens with two attached hydrogens (primary N) is 1. The Labute approximate surface area is 83.9 Å². The normalized spacial score (nSPS) is 47.8. The molecule has 0 spiro atoms. The highest BCUT2D eigenvalue weighted by Gasteiger charge is 2.66. The molecule has 0 radical (unpaired) electrons. The second kappa shape index (κ2) is 2.74. The van der Waals surface area contributed by atoms with Gasteiger partial charge in [-0.25, -0.2) is 0 Å². The zero-order chi connectivity index (χ0) is 9.64. The third-order valence-electron chi connectivity index (χ3n) is 3.18. The van der Waals surface area contributed by atoms with Gasteiger partial charge < -0.3 is 5.73 Å². The smallest absolute Gasteiger partial charge is 0.0944 e. The number of rotatable bonds is 2. The van der Waals surface area contributed by atoms with Crippen molar-refractivity contribution in [3.8, 4) is 0 Å². The Morgan fingerprint density at radius 3 is 3.15 bits per heavy atom. The van der Waals surface area contributed by atoms with Gasteiger partial charge in [0, 0.05) is 12.3 Å². The molecule has 2 N–H and O–H groups in total. The first-order valence-corrected chi connectivity index (χ1v) is 5.09. The molecular formula is C10H15ClN2. The molecule has 0 saturated heterocycles. The summed E-state index contributed by atoms with van der Waals surface area (Å²) in [4.78, 5) is 4.23. The van der Waals surface area contributed by atoms with Crippen molar-refractivity contribution >= 4 is 17.4 Å². The molecule has 72 valence electrons. The number of hydrogen-bond donors (Lipinski definition) is 1.